The van der Waals surface area contributed by atoms with Crippen LogP contribution in [0.5, 0.6) is 0 Å². The Balaban J connectivity index is 2.64. The standard InChI is InChI=1S/C13H16Cl2O3/c1-2-3-6-18-12(13(16)17)8-9-4-5-10(14)11(15)7-9/h4-5,7,12H,2-3,6,8H2,1H3,(H,16,17)/t12-/m0/s1. The highest BCUT2D eigenvalue weighted by Crippen LogP contribution is 2.23. The summed E-state index contributed by atoms with van der Waals surface area (Å²) in [6.07, 6.45) is 1.27. The number of ether oxygens (including phenoxy) is 1. The third-order valence-electron chi connectivity index (χ3n) is 2.50. The van der Waals surface area contributed by atoms with Crippen molar-refractivity contribution in [1.29, 1.82) is 0 Å². The molecule has 1 aromatic carbocycles. The molecule has 0 unspecified atom stereocenters. The van der Waals surface area contributed by atoms with Gasteiger partial charge in [-0.3, -0.25) is 0 Å². The lowest BCUT2D eigenvalue weighted by molar-refractivity contribution is -0.150. The lowest BCUT2D eigenvalue weighted by Crippen LogP contribution is -2.26. The molecule has 18 heavy (non-hydrogen) atoms. The first-order valence-corrected chi connectivity index (χ1v) is 6.58. The Hall–Kier alpha value is -0.770. The predicted octanol–water partition coefficient (Wildman–Crippen LogP) is 3.81. The SMILES string of the molecule is CCCCO[C@@H](Cc1ccc(Cl)c(Cl)c1)C(=O)O. The van der Waals surface area contributed by atoms with E-state index in [9.17, 15) is 4.79 Å². The second-order valence-corrected chi connectivity index (χ2v) is 4.82. The Labute approximate surface area is 117 Å². The summed E-state index contributed by atoms with van der Waals surface area (Å²) in [6, 6.07) is 5.08. The van der Waals surface area contributed by atoms with E-state index >= 15 is 0 Å². The summed E-state index contributed by atoms with van der Waals surface area (Å²) in [4.78, 5) is 11.1. The van der Waals surface area contributed by atoms with Gasteiger partial charge in [0.05, 0.1) is 10.0 Å². The lowest BCUT2D eigenvalue weighted by atomic mass is 10.1. The number of carboxylic acid groups (broad SMARTS) is 1. The number of hydrogen-bond acceptors (Lipinski definition) is 2. The first-order valence-electron chi connectivity index (χ1n) is 5.83. The first-order chi connectivity index (χ1) is 8.54. The second kappa shape index (κ2) is 7.62. The molecule has 0 spiro atoms. The molecule has 1 N–H and O–H groups in total. The molecular formula is C13H16Cl2O3. The van der Waals surface area contributed by atoms with Crippen LogP contribution in [0.25, 0.3) is 0 Å². The molecule has 1 rings (SSSR count). The Morgan fingerprint density at radius 2 is 2.11 bits per heavy atom. The highest BCUT2D eigenvalue weighted by molar-refractivity contribution is 6.42. The van der Waals surface area contributed by atoms with Crippen molar-refractivity contribution in [3.63, 3.8) is 0 Å². The smallest absolute Gasteiger partial charge is 0.333 e. The molecule has 100 valence electrons. The monoisotopic (exact) mass is 290 g/mol. The van der Waals surface area contributed by atoms with Crippen molar-refractivity contribution >= 4 is 29.2 Å². The highest BCUT2D eigenvalue weighted by atomic mass is 35.5. The van der Waals surface area contributed by atoms with Gasteiger partial charge in [0, 0.05) is 13.0 Å². The number of rotatable bonds is 7. The summed E-state index contributed by atoms with van der Waals surface area (Å²) in [5.74, 6) is -0.961. The normalized spacial score (nSPS) is 12.4. The fourth-order valence-corrected chi connectivity index (χ4v) is 1.79. The summed E-state index contributed by atoms with van der Waals surface area (Å²) < 4.78 is 5.34. The van der Waals surface area contributed by atoms with Crippen LogP contribution in [0.1, 0.15) is 25.3 Å². The number of carboxylic acids is 1. The number of aliphatic carboxylic acids is 1. The maximum atomic E-state index is 11.1. The fraction of sp³-hybridized carbons (Fsp3) is 0.462. The number of unbranched alkanes of at least 4 members (excludes halogenated alkanes) is 1. The zero-order chi connectivity index (χ0) is 13.5. The average Bonchev–Trinajstić information content (AvgIpc) is 2.32. The van der Waals surface area contributed by atoms with Crippen LogP contribution in [0.2, 0.25) is 10.0 Å². The van der Waals surface area contributed by atoms with Crippen molar-refractivity contribution in [2.75, 3.05) is 6.61 Å². The van der Waals surface area contributed by atoms with Crippen LogP contribution in [0, 0.1) is 0 Å². The Morgan fingerprint density at radius 3 is 2.67 bits per heavy atom. The van der Waals surface area contributed by atoms with E-state index in [0.29, 0.717) is 16.7 Å². The molecule has 5 heteroatoms. The number of hydrogen-bond donors (Lipinski definition) is 1. The molecule has 0 aliphatic heterocycles. The van der Waals surface area contributed by atoms with E-state index in [2.05, 4.69) is 0 Å². The molecule has 0 aliphatic rings. The van der Waals surface area contributed by atoms with E-state index in [1.807, 2.05) is 6.92 Å². The molecule has 3 nitrogen and oxygen atoms in total. The molecule has 0 radical (unpaired) electrons. The summed E-state index contributed by atoms with van der Waals surface area (Å²) in [7, 11) is 0. The average molecular weight is 291 g/mol. The van der Waals surface area contributed by atoms with E-state index in [1.165, 1.54) is 0 Å². The van der Waals surface area contributed by atoms with Crippen LogP contribution in [-0.4, -0.2) is 23.8 Å². The van der Waals surface area contributed by atoms with Gasteiger partial charge in [-0.25, -0.2) is 4.79 Å². The Morgan fingerprint density at radius 1 is 1.39 bits per heavy atom. The molecule has 0 saturated carbocycles. The van der Waals surface area contributed by atoms with Crippen molar-refractivity contribution in [2.24, 2.45) is 0 Å². The van der Waals surface area contributed by atoms with Gasteiger partial charge in [-0.15, -0.1) is 0 Å². The molecule has 0 aliphatic carbocycles. The minimum absolute atomic E-state index is 0.288. The van der Waals surface area contributed by atoms with Crippen molar-refractivity contribution in [3.05, 3.63) is 33.8 Å². The molecule has 0 heterocycles. The number of benzene rings is 1. The molecule has 0 saturated heterocycles. The number of carbonyl (C=O) groups is 1. The quantitative estimate of drug-likeness (QED) is 0.777. The summed E-state index contributed by atoms with van der Waals surface area (Å²) >= 11 is 11.7. The maximum absolute atomic E-state index is 11.1. The molecule has 0 bridgehead atoms. The van der Waals surface area contributed by atoms with Crippen LogP contribution in [0.15, 0.2) is 18.2 Å². The Kier molecular flexibility index (Phi) is 6.47. The van der Waals surface area contributed by atoms with Crippen molar-refractivity contribution in [3.8, 4) is 0 Å². The predicted molar refractivity (Wildman–Crippen MR) is 72.4 cm³/mol. The van der Waals surface area contributed by atoms with E-state index in [4.69, 9.17) is 33.0 Å². The van der Waals surface area contributed by atoms with Crippen LogP contribution >= 0.6 is 23.2 Å². The van der Waals surface area contributed by atoms with Gasteiger partial charge in [-0.05, 0) is 24.1 Å². The van der Waals surface area contributed by atoms with Crippen molar-refractivity contribution in [1.82, 2.24) is 0 Å². The molecule has 1 aromatic rings. The largest absolute Gasteiger partial charge is 0.479 e. The van der Waals surface area contributed by atoms with E-state index in [1.54, 1.807) is 18.2 Å². The molecular weight excluding hydrogens is 275 g/mol. The van der Waals surface area contributed by atoms with Crippen LogP contribution in [0.3, 0.4) is 0 Å². The van der Waals surface area contributed by atoms with Crippen molar-refractivity contribution in [2.45, 2.75) is 32.3 Å². The van der Waals surface area contributed by atoms with E-state index in [0.717, 1.165) is 18.4 Å². The minimum Gasteiger partial charge on any atom is -0.479 e. The van der Waals surface area contributed by atoms with E-state index < -0.39 is 12.1 Å². The number of halogens is 2. The van der Waals surface area contributed by atoms with Gasteiger partial charge in [-0.2, -0.15) is 0 Å². The zero-order valence-corrected chi connectivity index (χ0v) is 11.7. The van der Waals surface area contributed by atoms with Gasteiger partial charge in [0.2, 0.25) is 0 Å². The molecule has 0 amide bonds. The van der Waals surface area contributed by atoms with E-state index in [-0.39, 0.29) is 6.42 Å². The zero-order valence-electron chi connectivity index (χ0n) is 10.2. The second-order valence-electron chi connectivity index (χ2n) is 4.00. The highest BCUT2D eigenvalue weighted by Gasteiger charge is 2.18. The van der Waals surface area contributed by atoms with Gasteiger partial charge in [0.1, 0.15) is 0 Å². The summed E-state index contributed by atoms with van der Waals surface area (Å²) in [5.41, 5.74) is 0.799. The summed E-state index contributed by atoms with van der Waals surface area (Å²) in [5, 5.41) is 9.95. The molecule has 1 atom stereocenters. The van der Waals surface area contributed by atoms with Gasteiger partial charge in [-0.1, -0.05) is 42.6 Å². The first kappa shape index (κ1) is 15.3. The third-order valence-corrected chi connectivity index (χ3v) is 3.24. The Bertz CT molecular complexity index is 407. The van der Waals surface area contributed by atoms with Gasteiger partial charge < -0.3 is 9.84 Å². The van der Waals surface area contributed by atoms with Crippen LogP contribution in [-0.2, 0) is 16.0 Å². The topological polar surface area (TPSA) is 46.5 Å². The van der Waals surface area contributed by atoms with Crippen LogP contribution < -0.4 is 0 Å². The molecule has 0 fully saturated rings. The molecule has 0 aromatic heterocycles. The summed E-state index contributed by atoms with van der Waals surface area (Å²) in [6.45, 7) is 2.48. The minimum atomic E-state index is -0.961. The third kappa shape index (κ3) is 4.84. The van der Waals surface area contributed by atoms with Crippen molar-refractivity contribution < 1.29 is 14.6 Å². The van der Waals surface area contributed by atoms with Crippen LogP contribution in [0.4, 0.5) is 0 Å². The maximum Gasteiger partial charge on any atom is 0.333 e. The fourth-order valence-electron chi connectivity index (χ4n) is 1.47. The van der Waals surface area contributed by atoms with Gasteiger partial charge in [0.25, 0.3) is 0 Å². The van der Waals surface area contributed by atoms with Gasteiger partial charge in [0.15, 0.2) is 6.10 Å². The van der Waals surface area contributed by atoms with Gasteiger partial charge >= 0.3 is 5.97 Å². The lowest BCUT2D eigenvalue weighted by Gasteiger charge is -2.13.